The molecule has 0 radical (unpaired) electrons. The third-order valence-electron chi connectivity index (χ3n) is 5.32. The van der Waals surface area contributed by atoms with Crippen LogP contribution in [0.15, 0.2) is 29.4 Å². The molecule has 0 aliphatic carbocycles. The molecular weight excluding hydrogens is 418 g/mol. The Kier molecular flexibility index (Phi) is 7.36. The van der Waals surface area contributed by atoms with Crippen molar-refractivity contribution in [1.82, 2.24) is 24.5 Å². The monoisotopic (exact) mass is 445 g/mol. The molecule has 2 heterocycles. The summed E-state index contributed by atoms with van der Waals surface area (Å²) < 4.78 is 1.77. The largest absolute Gasteiger partial charge is 0.342 e. The van der Waals surface area contributed by atoms with E-state index in [1.165, 1.54) is 11.8 Å². The summed E-state index contributed by atoms with van der Waals surface area (Å²) in [6.45, 7) is 11.4. The van der Waals surface area contributed by atoms with E-state index in [1.54, 1.807) is 4.52 Å². The fourth-order valence-electron chi connectivity index (χ4n) is 3.50. The van der Waals surface area contributed by atoms with E-state index < -0.39 is 0 Å². The minimum absolute atomic E-state index is 0.131. The first-order valence-corrected chi connectivity index (χ1v) is 11.6. The van der Waals surface area contributed by atoms with E-state index in [9.17, 15) is 4.79 Å². The van der Waals surface area contributed by atoms with Gasteiger partial charge in [0.2, 0.25) is 11.1 Å². The summed E-state index contributed by atoms with van der Waals surface area (Å²) in [5.41, 5.74) is 4.04. The fourth-order valence-corrected chi connectivity index (χ4v) is 4.64. The van der Waals surface area contributed by atoms with Gasteiger partial charge in [-0.05, 0) is 51.3 Å². The van der Waals surface area contributed by atoms with Gasteiger partial charge >= 0.3 is 0 Å². The zero-order chi connectivity index (χ0) is 21.8. The highest BCUT2D eigenvalue weighted by Gasteiger charge is 2.24. The normalized spacial score (nSPS) is 12.3. The summed E-state index contributed by atoms with van der Waals surface area (Å²) in [5, 5.41) is 5.78. The Bertz CT molecular complexity index is 1050. The van der Waals surface area contributed by atoms with Crippen LogP contribution in [0.5, 0.6) is 0 Å². The second-order valence-electron chi connectivity index (χ2n) is 7.16. The molecule has 0 aliphatic rings. The van der Waals surface area contributed by atoms with Crippen LogP contribution >= 0.6 is 23.4 Å². The lowest BCUT2D eigenvalue weighted by Gasteiger charge is -2.23. The van der Waals surface area contributed by atoms with Gasteiger partial charge in [-0.3, -0.25) is 4.79 Å². The molecule has 0 unspecified atom stereocenters. The van der Waals surface area contributed by atoms with Gasteiger partial charge in [0.25, 0.3) is 5.78 Å². The topological polar surface area (TPSA) is 63.4 Å². The van der Waals surface area contributed by atoms with Crippen molar-refractivity contribution >= 4 is 35.0 Å². The minimum Gasteiger partial charge on any atom is -0.342 e. The molecule has 1 atom stereocenters. The average molecular weight is 446 g/mol. The Labute approximate surface area is 187 Å². The quantitative estimate of drug-likeness (QED) is 0.469. The van der Waals surface area contributed by atoms with E-state index in [0.717, 1.165) is 34.0 Å². The van der Waals surface area contributed by atoms with E-state index >= 15 is 0 Å². The average Bonchev–Trinajstić information content (AvgIpc) is 3.14. The van der Waals surface area contributed by atoms with E-state index in [1.807, 2.05) is 63.8 Å². The molecule has 30 heavy (non-hydrogen) atoms. The van der Waals surface area contributed by atoms with Crippen molar-refractivity contribution < 1.29 is 4.79 Å². The Morgan fingerprint density at radius 1 is 1.17 bits per heavy atom. The molecule has 3 rings (SSSR count). The summed E-state index contributed by atoms with van der Waals surface area (Å²) >= 11 is 7.77. The van der Waals surface area contributed by atoms with Crippen molar-refractivity contribution in [1.29, 1.82) is 0 Å². The van der Waals surface area contributed by atoms with Gasteiger partial charge in [0.05, 0.1) is 5.25 Å². The molecule has 3 aromatic rings. The summed E-state index contributed by atoms with van der Waals surface area (Å²) in [5.74, 6) is 0.687. The van der Waals surface area contributed by atoms with Crippen LogP contribution in [0.4, 0.5) is 0 Å². The van der Waals surface area contributed by atoms with Gasteiger partial charge in [-0.15, -0.1) is 5.10 Å². The number of halogens is 1. The summed E-state index contributed by atoms with van der Waals surface area (Å²) in [7, 11) is 0. The highest BCUT2D eigenvalue weighted by atomic mass is 35.5. The standard InChI is InChI=1S/C22H28ClN5OS/c1-6-19(20(29)27(7-2)8-3)30-22-25-21-24-14(4)17(15(5)28(21)26-22)13-16-11-9-10-12-18(16)23/h9-12,19H,6-8,13H2,1-5H3/t19-/m1/s1. The number of aromatic nitrogens is 4. The maximum Gasteiger partial charge on any atom is 0.253 e. The third-order valence-corrected chi connectivity index (χ3v) is 6.90. The van der Waals surface area contributed by atoms with Gasteiger partial charge in [0.1, 0.15) is 0 Å². The lowest BCUT2D eigenvalue weighted by Crippen LogP contribution is -2.37. The zero-order valence-electron chi connectivity index (χ0n) is 18.1. The number of hydrogen-bond donors (Lipinski definition) is 0. The SMILES string of the molecule is CC[C@@H](Sc1nc2nc(C)c(Cc3ccccc3Cl)c(C)n2n1)C(=O)N(CC)CC. The van der Waals surface area contributed by atoms with E-state index in [4.69, 9.17) is 11.6 Å². The summed E-state index contributed by atoms with van der Waals surface area (Å²) in [4.78, 5) is 23.9. The lowest BCUT2D eigenvalue weighted by molar-refractivity contribution is -0.130. The second-order valence-corrected chi connectivity index (χ2v) is 8.74. The Morgan fingerprint density at radius 3 is 2.50 bits per heavy atom. The van der Waals surface area contributed by atoms with Crippen molar-refractivity contribution in [2.45, 2.75) is 57.9 Å². The molecule has 0 spiro atoms. The number of thioether (sulfide) groups is 1. The number of benzene rings is 1. The molecule has 0 saturated heterocycles. The molecule has 0 aliphatic heterocycles. The molecule has 0 saturated carbocycles. The number of rotatable bonds is 8. The molecule has 0 fully saturated rings. The first-order chi connectivity index (χ1) is 14.4. The third kappa shape index (κ3) is 4.62. The minimum atomic E-state index is -0.202. The van der Waals surface area contributed by atoms with Gasteiger partial charge in [-0.1, -0.05) is 48.5 Å². The summed E-state index contributed by atoms with van der Waals surface area (Å²) in [6.07, 6.45) is 1.40. The van der Waals surface area contributed by atoms with Gasteiger partial charge in [0.15, 0.2) is 0 Å². The van der Waals surface area contributed by atoms with Crippen molar-refractivity contribution in [3.63, 3.8) is 0 Å². The molecule has 0 bridgehead atoms. The highest BCUT2D eigenvalue weighted by Crippen LogP contribution is 2.27. The molecule has 160 valence electrons. The molecule has 2 aromatic heterocycles. The van der Waals surface area contributed by atoms with E-state index in [2.05, 4.69) is 15.1 Å². The first-order valence-electron chi connectivity index (χ1n) is 10.3. The number of aryl methyl sites for hydroxylation is 2. The van der Waals surface area contributed by atoms with Gasteiger partial charge in [-0.25, -0.2) is 9.50 Å². The van der Waals surface area contributed by atoms with Gasteiger partial charge in [-0.2, -0.15) is 4.98 Å². The summed E-state index contributed by atoms with van der Waals surface area (Å²) in [6, 6.07) is 7.84. The van der Waals surface area contributed by atoms with Crippen molar-refractivity contribution in [3.05, 3.63) is 51.8 Å². The van der Waals surface area contributed by atoms with Crippen LogP contribution in [0.2, 0.25) is 5.02 Å². The Hall–Kier alpha value is -2.12. The van der Waals surface area contributed by atoms with Crippen LogP contribution in [-0.2, 0) is 11.2 Å². The Morgan fingerprint density at radius 2 is 1.87 bits per heavy atom. The number of carbonyl (C=O) groups is 1. The van der Waals surface area contributed by atoms with Crippen LogP contribution in [0, 0.1) is 13.8 Å². The lowest BCUT2D eigenvalue weighted by atomic mass is 10.0. The van der Waals surface area contributed by atoms with Gasteiger partial charge < -0.3 is 4.90 Å². The number of fused-ring (bicyclic) bond motifs is 1. The van der Waals surface area contributed by atoms with Crippen LogP contribution < -0.4 is 0 Å². The second kappa shape index (κ2) is 9.79. The van der Waals surface area contributed by atoms with Crippen LogP contribution in [-0.4, -0.2) is 48.7 Å². The molecule has 6 nitrogen and oxygen atoms in total. The number of carbonyl (C=O) groups excluding carboxylic acids is 1. The zero-order valence-corrected chi connectivity index (χ0v) is 19.7. The van der Waals surface area contributed by atoms with Gasteiger partial charge in [0, 0.05) is 35.9 Å². The molecule has 0 N–H and O–H groups in total. The van der Waals surface area contributed by atoms with Crippen molar-refractivity contribution in [3.8, 4) is 0 Å². The molecular formula is C22H28ClN5OS. The fraction of sp³-hybridized carbons (Fsp3) is 0.455. The number of hydrogen-bond acceptors (Lipinski definition) is 5. The highest BCUT2D eigenvalue weighted by molar-refractivity contribution is 8.00. The molecule has 1 aromatic carbocycles. The number of nitrogens with zero attached hydrogens (tertiary/aromatic N) is 5. The first kappa shape index (κ1) is 22.6. The van der Waals surface area contributed by atoms with Crippen molar-refractivity contribution in [2.75, 3.05) is 13.1 Å². The van der Waals surface area contributed by atoms with Crippen molar-refractivity contribution in [2.24, 2.45) is 0 Å². The predicted molar refractivity (Wildman–Crippen MR) is 122 cm³/mol. The smallest absolute Gasteiger partial charge is 0.253 e. The van der Waals surface area contributed by atoms with Crippen LogP contribution in [0.1, 0.15) is 49.7 Å². The molecule has 1 amide bonds. The maximum atomic E-state index is 12.8. The van der Waals surface area contributed by atoms with Crippen LogP contribution in [0.25, 0.3) is 5.78 Å². The maximum absolute atomic E-state index is 12.8. The van der Waals surface area contributed by atoms with E-state index in [0.29, 0.717) is 30.4 Å². The Balaban J connectivity index is 1.92. The van der Waals surface area contributed by atoms with Crippen LogP contribution in [0.3, 0.4) is 0 Å². The number of amides is 1. The molecule has 8 heteroatoms. The van der Waals surface area contributed by atoms with E-state index in [-0.39, 0.29) is 11.2 Å². The predicted octanol–water partition coefficient (Wildman–Crippen LogP) is 4.72.